The zero-order valence-corrected chi connectivity index (χ0v) is 18.0. The lowest BCUT2D eigenvalue weighted by atomic mass is 9.42. The molecule has 0 aromatic rings. The van der Waals surface area contributed by atoms with Crippen LogP contribution in [0.3, 0.4) is 0 Å². The minimum atomic E-state index is -0.618. The fourth-order valence-electron chi connectivity index (χ4n) is 9.10. The summed E-state index contributed by atoms with van der Waals surface area (Å²) in [5, 5.41) is 9.03. The van der Waals surface area contributed by atoms with Gasteiger partial charge in [-0.05, 0) is 104 Å². The van der Waals surface area contributed by atoms with Gasteiger partial charge >= 0.3 is 5.97 Å². The van der Waals surface area contributed by atoms with E-state index in [4.69, 9.17) is 5.11 Å². The number of hydrogen-bond donors (Lipinski definition) is 1. The van der Waals surface area contributed by atoms with Crippen molar-refractivity contribution in [3.63, 3.8) is 0 Å². The maximum Gasteiger partial charge on any atom is 0.303 e. The Balaban J connectivity index is 1.54. The van der Waals surface area contributed by atoms with Gasteiger partial charge in [0, 0.05) is 6.42 Å². The van der Waals surface area contributed by atoms with Crippen LogP contribution in [0.2, 0.25) is 0 Å². The van der Waals surface area contributed by atoms with E-state index in [2.05, 4.69) is 20.8 Å². The molecule has 27 heavy (non-hydrogen) atoms. The summed E-state index contributed by atoms with van der Waals surface area (Å²) in [6, 6.07) is 0. The molecular formula is C25H42O2. The number of carbonyl (C=O) groups is 1. The van der Waals surface area contributed by atoms with Crippen LogP contribution in [-0.4, -0.2) is 11.1 Å². The number of rotatable bonds is 5. The van der Waals surface area contributed by atoms with E-state index in [0.717, 1.165) is 48.3 Å². The molecule has 8 atom stereocenters. The van der Waals surface area contributed by atoms with Crippen molar-refractivity contribution in [1.29, 1.82) is 0 Å². The highest BCUT2D eigenvalue weighted by molar-refractivity contribution is 5.66. The van der Waals surface area contributed by atoms with Gasteiger partial charge in [-0.15, -0.1) is 0 Å². The van der Waals surface area contributed by atoms with Gasteiger partial charge < -0.3 is 5.11 Å². The third-order valence-electron chi connectivity index (χ3n) is 10.4. The van der Waals surface area contributed by atoms with Crippen LogP contribution in [0.5, 0.6) is 0 Å². The van der Waals surface area contributed by atoms with Gasteiger partial charge in [-0.3, -0.25) is 4.79 Å². The van der Waals surface area contributed by atoms with Crippen LogP contribution in [0.25, 0.3) is 0 Å². The summed E-state index contributed by atoms with van der Waals surface area (Å²) < 4.78 is 0. The summed E-state index contributed by atoms with van der Waals surface area (Å²) in [4.78, 5) is 11.0. The molecule has 2 heteroatoms. The topological polar surface area (TPSA) is 37.3 Å². The quantitative estimate of drug-likeness (QED) is 0.566. The van der Waals surface area contributed by atoms with Crippen molar-refractivity contribution in [2.45, 2.75) is 104 Å². The van der Waals surface area contributed by atoms with E-state index >= 15 is 0 Å². The highest BCUT2D eigenvalue weighted by Crippen LogP contribution is 2.69. The van der Waals surface area contributed by atoms with Crippen molar-refractivity contribution in [3.05, 3.63) is 0 Å². The minimum absolute atomic E-state index is 0.362. The summed E-state index contributed by atoms with van der Waals surface area (Å²) >= 11 is 0. The number of aliphatic carboxylic acids is 1. The van der Waals surface area contributed by atoms with Gasteiger partial charge in [0.05, 0.1) is 0 Å². The van der Waals surface area contributed by atoms with E-state index in [0.29, 0.717) is 17.3 Å². The first-order valence-corrected chi connectivity index (χ1v) is 12.1. The highest BCUT2D eigenvalue weighted by atomic mass is 16.4. The second kappa shape index (κ2) is 7.38. The molecule has 4 rings (SSSR count). The molecule has 0 aromatic heterocycles. The van der Waals surface area contributed by atoms with Crippen LogP contribution in [-0.2, 0) is 4.79 Å². The molecule has 4 aliphatic carbocycles. The minimum Gasteiger partial charge on any atom is -0.481 e. The molecule has 4 aliphatic rings. The van der Waals surface area contributed by atoms with Gasteiger partial charge in [-0.1, -0.05) is 40.0 Å². The van der Waals surface area contributed by atoms with Crippen molar-refractivity contribution in [2.75, 3.05) is 0 Å². The molecule has 0 radical (unpaired) electrons. The van der Waals surface area contributed by atoms with Crippen molar-refractivity contribution >= 4 is 5.97 Å². The molecule has 4 fully saturated rings. The smallest absolute Gasteiger partial charge is 0.303 e. The molecule has 0 aromatic carbocycles. The zero-order chi connectivity index (χ0) is 19.2. The van der Waals surface area contributed by atoms with Crippen LogP contribution >= 0.6 is 0 Å². The average Bonchev–Trinajstić information content (AvgIpc) is 2.97. The third-order valence-corrected chi connectivity index (χ3v) is 10.4. The maximum atomic E-state index is 11.0. The Morgan fingerprint density at radius 2 is 1.74 bits per heavy atom. The molecule has 0 aliphatic heterocycles. The predicted octanol–water partition coefficient (Wildman–Crippen LogP) is 6.93. The second-order valence-electron chi connectivity index (χ2n) is 11.2. The fraction of sp³-hybridized carbons (Fsp3) is 0.960. The lowest BCUT2D eigenvalue weighted by molar-refractivity contribution is -0.138. The van der Waals surface area contributed by atoms with E-state index in [9.17, 15) is 4.79 Å². The molecule has 154 valence electrons. The SMILES string of the molecule is CC[C@H]1CC2C3CCC(CCCC(=O)O)C3(C)CCC2C2(C)CCCCC12. The van der Waals surface area contributed by atoms with Crippen LogP contribution in [0.15, 0.2) is 0 Å². The summed E-state index contributed by atoms with van der Waals surface area (Å²) in [7, 11) is 0. The predicted molar refractivity (Wildman–Crippen MR) is 110 cm³/mol. The number of carboxylic acids is 1. The third kappa shape index (κ3) is 3.18. The number of hydrogen-bond acceptors (Lipinski definition) is 1. The normalized spacial score (nSPS) is 49.1. The van der Waals surface area contributed by atoms with Crippen molar-refractivity contribution in [3.8, 4) is 0 Å². The second-order valence-corrected chi connectivity index (χ2v) is 11.2. The molecule has 4 saturated carbocycles. The van der Waals surface area contributed by atoms with E-state index in [1.54, 1.807) is 0 Å². The van der Waals surface area contributed by atoms with Crippen LogP contribution < -0.4 is 0 Å². The first-order valence-electron chi connectivity index (χ1n) is 12.1. The molecule has 0 amide bonds. The van der Waals surface area contributed by atoms with Crippen LogP contribution in [0.4, 0.5) is 0 Å². The van der Waals surface area contributed by atoms with Gasteiger partial charge in [-0.2, -0.15) is 0 Å². The van der Waals surface area contributed by atoms with Crippen LogP contribution in [0.1, 0.15) is 104 Å². The summed E-state index contributed by atoms with van der Waals surface area (Å²) in [5.74, 6) is 4.96. The molecule has 7 unspecified atom stereocenters. The van der Waals surface area contributed by atoms with Crippen LogP contribution in [0, 0.1) is 46.3 Å². The lowest BCUT2D eigenvalue weighted by Crippen LogP contribution is -2.55. The lowest BCUT2D eigenvalue weighted by Gasteiger charge is -2.62. The van der Waals surface area contributed by atoms with E-state index in [1.807, 2.05) is 0 Å². The van der Waals surface area contributed by atoms with Crippen molar-refractivity contribution < 1.29 is 9.90 Å². The number of fused-ring (bicyclic) bond motifs is 5. The average molecular weight is 375 g/mol. The Kier molecular flexibility index (Phi) is 5.40. The van der Waals surface area contributed by atoms with Gasteiger partial charge in [0.1, 0.15) is 0 Å². The molecule has 0 spiro atoms. The van der Waals surface area contributed by atoms with Crippen molar-refractivity contribution in [1.82, 2.24) is 0 Å². The molecule has 0 saturated heterocycles. The van der Waals surface area contributed by atoms with E-state index < -0.39 is 5.97 Å². The number of carboxylic acid groups (broad SMARTS) is 1. The van der Waals surface area contributed by atoms with E-state index in [-0.39, 0.29) is 0 Å². The monoisotopic (exact) mass is 374 g/mol. The van der Waals surface area contributed by atoms with Gasteiger partial charge in [0.15, 0.2) is 0 Å². The fourth-order valence-corrected chi connectivity index (χ4v) is 9.10. The Hall–Kier alpha value is -0.530. The Labute approximate surface area is 166 Å². The largest absolute Gasteiger partial charge is 0.481 e. The Bertz CT molecular complexity index is 557. The first-order chi connectivity index (χ1) is 12.9. The Morgan fingerprint density at radius 3 is 2.48 bits per heavy atom. The van der Waals surface area contributed by atoms with E-state index in [1.165, 1.54) is 64.2 Å². The molecule has 2 nitrogen and oxygen atoms in total. The van der Waals surface area contributed by atoms with Gasteiger partial charge in [-0.25, -0.2) is 0 Å². The molecule has 0 bridgehead atoms. The molecule has 1 N–H and O–H groups in total. The maximum absolute atomic E-state index is 11.0. The summed E-state index contributed by atoms with van der Waals surface area (Å²) in [5.41, 5.74) is 1.11. The molecular weight excluding hydrogens is 332 g/mol. The highest BCUT2D eigenvalue weighted by Gasteiger charge is 2.60. The van der Waals surface area contributed by atoms with Crippen molar-refractivity contribution in [2.24, 2.45) is 46.3 Å². The molecule has 0 heterocycles. The standard InChI is InChI=1S/C25H42O2/c1-4-17-16-19-21-12-11-18(8-7-10-23(26)27)24(21,2)15-13-22(19)25(3)14-6-5-9-20(17)25/h17-22H,4-16H2,1-3H3,(H,26,27)/t17-,18?,19?,20?,21?,22?,24?,25?/m0/s1. The Morgan fingerprint density at radius 1 is 0.963 bits per heavy atom. The van der Waals surface area contributed by atoms with Gasteiger partial charge in [0.2, 0.25) is 0 Å². The summed E-state index contributed by atoms with van der Waals surface area (Å²) in [6.07, 6.45) is 16.9. The first kappa shape index (κ1) is 19.8. The summed E-state index contributed by atoms with van der Waals surface area (Å²) in [6.45, 7) is 7.74. The van der Waals surface area contributed by atoms with Gasteiger partial charge in [0.25, 0.3) is 0 Å². The zero-order valence-electron chi connectivity index (χ0n) is 18.0.